The quantitative estimate of drug-likeness (QED) is 0.423. The van der Waals surface area contributed by atoms with Crippen LogP contribution in [-0.2, 0) is 33.3 Å². The molecule has 8 heteroatoms. The molecular formula is C24H20O8. The predicted octanol–water partition coefficient (Wildman–Crippen LogP) is -1.22. The molecule has 10 aliphatic carbocycles. The Morgan fingerprint density at radius 3 is 1.81 bits per heavy atom. The first-order valence-electron chi connectivity index (χ1n) is 12.2. The molecule has 2 spiro atoms. The molecule has 12 fully saturated rings. The number of ketones is 1. The molecule has 2 aliphatic heterocycles. The second-order valence-corrected chi connectivity index (χ2v) is 13.2. The van der Waals surface area contributed by atoms with Gasteiger partial charge in [-0.05, 0) is 23.7 Å². The molecule has 16 unspecified atom stereocenters. The van der Waals surface area contributed by atoms with E-state index < -0.39 is 33.4 Å². The molecule has 0 aromatic heterocycles. The summed E-state index contributed by atoms with van der Waals surface area (Å²) < 4.78 is 24.5. The summed E-state index contributed by atoms with van der Waals surface area (Å²) in [6.45, 7) is 0. The highest BCUT2D eigenvalue weighted by Gasteiger charge is 3.22. The number of hydrogen-bond donors (Lipinski definition) is 1. The number of rotatable bonds is 2. The van der Waals surface area contributed by atoms with Crippen molar-refractivity contribution in [2.45, 2.75) is 28.0 Å². The normalized spacial score (nSPS) is 84.6. The van der Waals surface area contributed by atoms with Crippen molar-refractivity contribution in [2.75, 3.05) is 14.2 Å². The molecule has 0 radical (unpaired) electrons. The number of carbonyl (C=O) groups excluding carboxylic acids is 3. The lowest BCUT2D eigenvalue weighted by Gasteiger charge is -2.40. The van der Waals surface area contributed by atoms with E-state index in [0.29, 0.717) is 0 Å². The molecule has 2 heterocycles. The van der Waals surface area contributed by atoms with E-state index in [-0.39, 0.29) is 94.7 Å². The van der Waals surface area contributed by atoms with Gasteiger partial charge in [0.15, 0.2) is 0 Å². The number of hydrogen-bond acceptors (Lipinski definition) is 8. The summed E-state index contributed by atoms with van der Waals surface area (Å²) in [5, 5.41) is 12.9. The van der Waals surface area contributed by atoms with Crippen LogP contribution in [0.25, 0.3) is 0 Å². The number of esters is 2. The maximum absolute atomic E-state index is 14.2. The third-order valence-corrected chi connectivity index (χ3v) is 14.6. The third-order valence-electron chi connectivity index (χ3n) is 14.6. The SMILES string of the molecule is COC(=O)C1C2C3C4C1C15OC16C1C7C8C(C(=O)C75)C25OC52C8C1(O)C(C(=O)OC)(C32)C46. The van der Waals surface area contributed by atoms with E-state index in [0.717, 1.165) is 0 Å². The van der Waals surface area contributed by atoms with Crippen LogP contribution in [0.1, 0.15) is 0 Å². The van der Waals surface area contributed by atoms with E-state index in [2.05, 4.69) is 0 Å². The van der Waals surface area contributed by atoms with Gasteiger partial charge in [0, 0.05) is 35.5 Å². The molecule has 12 aliphatic rings. The topological polar surface area (TPSA) is 115 Å². The van der Waals surface area contributed by atoms with Gasteiger partial charge in [-0.25, -0.2) is 0 Å². The van der Waals surface area contributed by atoms with Gasteiger partial charge in [-0.15, -0.1) is 0 Å². The van der Waals surface area contributed by atoms with Crippen molar-refractivity contribution < 1.29 is 38.4 Å². The van der Waals surface area contributed by atoms with Crippen LogP contribution in [0.3, 0.4) is 0 Å². The Balaban J connectivity index is 1.34. The smallest absolute Gasteiger partial charge is 0.315 e. The molecule has 0 aromatic rings. The summed E-state index contributed by atoms with van der Waals surface area (Å²) in [5.41, 5.74) is -4.98. The molecule has 10 saturated carbocycles. The average Bonchev–Trinajstić information content (AvgIpc) is 3.13. The molecule has 12 rings (SSSR count). The largest absolute Gasteiger partial charge is 0.469 e. The summed E-state index contributed by atoms with van der Waals surface area (Å²) in [7, 11) is 2.88. The fraction of sp³-hybridized carbons (Fsp3) is 0.875. The molecule has 16 atom stereocenters. The van der Waals surface area contributed by atoms with Crippen molar-refractivity contribution in [3.05, 3.63) is 0 Å². The monoisotopic (exact) mass is 436 g/mol. The molecule has 2 saturated heterocycles. The van der Waals surface area contributed by atoms with Gasteiger partial charge in [0.05, 0.1) is 37.6 Å². The van der Waals surface area contributed by atoms with Gasteiger partial charge in [0.25, 0.3) is 0 Å². The van der Waals surface area contributed by atoms with Gasteiger partial charge < -0.3 is 24.1 Å². The van der Waals surface area contributed by atoms with Crippen molar-refractivity contribution >= 4 is 17.7 Å². The van der Waals surface area contributed by atoms with Gasteiger partial charge in [-0.3, -0.25) is 14.4 Å². The van der Waals surface area contributed by atoms with Gasteiger partial charge in [-0.1, -0.05) is 0 Å². The van der Waals surface area contributed by atoms with Crippen LogP contribution in [0.15, 0.2) is 0 Å². The molecule has 0 bridgehead atoms. The minimum Gasteiger partial charge on any atom is -0.469 e. The van der Waals surface area contributed by atoms with E-state index in [9.17, 15) is 19.5 Å². The van der Waals surface area contributed by atoms with Crippen molar-refractivity contribution in [1.29, 1.82) is 0 Å². The van der Waals surface area contributed by atoms with Crippen LogP contribution in [-0.4, -0.2) is 65.1 Å². The van der Waals surface area contributed by atoms with E-state index in [4.69, 9.17) is 18.9 Å². The zero-order chi connectivity index (χ0) is 21.1. The molecule has 8 nitrogen and oxygen atoms in total. The Kier molecular flexibility index (Phi) is 1.54. The number of ether oxygens (including phenoxy) is 4. The summed E-state index contributed by atoms with van der Waals surface area (Å²) >= 11 is 0. The second-order valence-electron chi connectivity index (χ2n) is 13.2. The minimum atomic E-state index is -1.22. The Bertz CT molecular complexity index is 1220. The highest BCUT2D eigenvalue weighted by Crippen LogP contribution is 3.10. The number of Topliss-reactive ketones (excluding diaryl/α,β-unsaturated/α-hetero) is 1. The average molecular weight is 436 g/mol. The highest BCUT2D eigenvalue weighted by atomic mass is 16.7. The van der Waals surface area contributed by atoms with E-state index in [1.54, 1.807) is 0 Å². The number of aliphatic hydroxyl groups is 1. The predicted molar refractivity (Wildman–Crippen MR) is 94.9 cm³/mol. The van der Waals surface area contributed by atoms with Gasteiger partial charge in [-0.2, -0.15) is 0 Å². The van der Waals surface area contributed by atoms with Crippen LogP contribution in [0, 0.1) is 82.3 Å². The molecule has 0 amide bonds. The first-order valence-corrected chi connectivity index (χ1v) is 12.2. The fourth-order valence-corrected chi connectivity index (χ4v) is 15.9. The molecule has 32 heavy (non-hydrogen) atoms. The van der Waals surface area contributed by atoms with Crippen molar-refractivity contribution in [2.24, 2.45) is 82.3 Å². The van der Waals surface area contributed by atoms with Crippen LogP contribution in [0.4, 0.5) is 0 Å². The van der Waals surface area contributed by atoms with Gasteiger partial charge >= 0.3 is 11.9 Å². The third kappa shape index (κ3) is 0.699. The van der Waals surface area contributed by atoms with Crippen LogP contribution >= 0.6 is 0 Å². The van der Waals surface area contributed by atoms with Crippen LogP contribution in [0.5, 0.6) is 0 Å². The summed E-state index contributed by atoms with van der Waals surface area (Å²) in [6.07, 6.45) is 0. The maximum Gasteiger partial charge on any atom is 0.315 e. The Morgan fingerprint density at radius 2 is 1.34 bits per heavy atom. The summed E-state index contributed by atoms with van der Waals surface area (Å²) in [6, 6.07) is 0. The number of carbonyl (C=O) groups is 3. The van der Waals surface area contributed by atoms with Gasteiger partial charge in [0.2, 0.25) is 0 Å². The minimum absolute atomic E-state index is 0.0477. The second kappa shape index (κ2) is 3.20. The molecular weight excluding hydrogens is 416 g/mol. The van der Waals surface area contributed by atoms with Crippen LogP contribution in [0.2, 0.25) is 0 Å². The van der Waals surface area contributed by atoms with E-state index >= 15 is 0 Å². The Hall–Kier alpha value is -1.51. The number of methoxy groups -OCH3 is 2. The first kappa shape index (κ1) is 15.4. The summed E-state index contributed by atoms with van der Waals surface area (Å²) in [5.74, 6) is -1.90. The van der Waals surface area contributed by atoms with Gasteiger partial charge in [0.1, 0.15) is 33.6 Å². The molecule has 1 N–H and O–H groups in total. The lowest BCUT2D eigenvalue weighted by Crippen LogP contribution is -2.55. The molecule has 0 aromatic carbocycles. The van der Waals surface area contributed by atoms with E-state index in [1.807, 2.05) is 0 Å². The zero-order valence-electron chi connectivity index (χ0n) is 17.3. The Labute approximate surface area is 181 Å². The van der Waals surface area contributed by atoms with Crippen molar-refractivity contribution in [3.63, 3.8) is 0 Å². The zero-order valence-corrected chi connectivity index (χ0v) is 17.3. The first-order chi connectivity index (χ1) is 15.4. The maximum atomic E-state index is 14.2. The fourth-order valence-electron chi connectivity index (χ4n) is 15.9. The van der Waals surface area contributed by atoms with Crippen LogP contribution < -0.4 is 0 Å². The standard InChI is InChI=1S/C24H20O8/c1-29-17(26)7-8-3-4-9(7)22-11-6-5-10(12(11)25)21(8)23(31-21)13(3)19(18(27)30-2)14(4)24(22,32-22)16(6)20(19,28)15(5)23/h3-11,13-16,28H,1-2H3. The molecule has 164 valence electrons. The Morgan fingerprint density at radius 1 is 0.812 bits per heavy atom. The number of epoxide rings is 2. The lowest BCUT2D eigenvalue weighted by atomic mass is 9.65. The summed E-state index contributed by atoms with van der Waals surface area (Å²) in [4.78, 5) is 41.4. The lowest BCUT2D eigenvalue weighted by molar-refractivity contribution is -0.178. The van der Waals surface area contributed by atoms with Crippen molar-refractivity contribution in [1.82, 2.24) is 0 Å². The van der Waals surface area contributed by atoms with E-state index in [1.165, 1.54) is 14.2 Å². The highest BCUT2D eigenvalue weighted by molar-refractivity contribution is 5.99. The van der Waals surface area contributed by atoms with Crippen molar-refractivity contribution in [3.8, 4) is 0 Å².